The summed E-state index contributed by atoms with van der Waals surface area (Å²) < 4.78 is 52.3. The molecule has 0 aliphatic rings. The molecule has 32 heavy (non-hydrogen) atoms. The van der Waals surface area contributed by atoms with Gasteiger partial charge in [0.1, 0.15) is 12.4 Å². The fourth-order valence-electron chi connectivity index (χ4n) is 2.96. The number of hydrogen-bond acceptors (Lipinski definition) is 5. The van der Waals surface area contributed by atoms with Gasteiger partial charge in [0.15, 0.2) is 11.5 Å². The number of benzene rings is 3. The van der Waals surface area contributed by atoms with Crippen LogP contribution in [0.25, 0.3) is 22.8 Å². The summed E-state index contributed by atoms with van der Waals surface area (Å²) in [5, 5.41) is 0. The first-order chi connectivity index (χ1) is 15.4. The average molecular weight is 439 g/mol. The van der Waals surface area contributed by atoms with Crippen molar-refractivity contribution >= 4 is 5.97 Å². The lowest BCUT2D eigenvalue weighted by atomic mass is 10.1. The number of esters is 1. The van der Waals surface area contributed by atoms with Gasteiger partial charge in [-0.3, -0.25) is 0 Å². The van der Waals surface area contributed by atoms with Gasteiger partial charge < -0.3 is 13.9 Å². The molecule has 3 aromatic carbocycles. The molecule has 0 N–H and O–H groups in total. The third-order valence-electron chi connectivity index (χ3n) is 4.40. The summed E-state index contributed by atoms with van der Waals surface area (Å²) >= 11 is 0. The van der Waals surface area contributed by atoms with Gasteiger partial charge >= 0.3 is 12.3 Å². The Bertz CT molecular complexity index is 1190. The zero-order valence-corrected chi connectivity index (χ0v) is 16.5. The fourth-order valence-corrected chi connectivity index (χ4v) is 2.96. The van der Waals surface area contributed by atoms with Gasteiger partial charge in [-0.2, -0.15) is 0 Å². The van der Waals surface area contributed by atoms with E-state index in [9.17, 15) is 18.0 Å². The summed E-state index contributed by atoms with van der Waals surface area (Å²) in [4.78, 5) is 17.0. The highest BCUT2D eigenvalue weighted by Gasteiger charge is 2.31. The van der Waals surface area contributed by atoms with Crippen LogP contribution in [0.1, 0.15) is 16.1 Å². The monoisotopic (exact) mass is 439 g/mol. The minimum absolute atomic E-state index is 0.0299. The smallest absolute Gasteiger partial charge is 0.456 e. The molecule has 8 heteroatoms. The van der Waals surface area contributed by atoms with Crippen LogP contribution in [0.5, 0.6) is 5.75 Å². The number of ether oxygens (including phenoxy) is 2. The highest BCUT2D eigenvalue weighted by molar-refractivity contribution is 5.94. The Balaban J connectivity index is 1.63. The topological polar surface area (TPSA) is 61.6 Å². The standard InChI is InChI=1S/C24H16F3NO4/c25-24(26,27)32-19-13-11-18(12-14-19)22-28-20(21(31-22)17-9-5-2-6-10-17)23(29)30-15-16-7-3-1-4-8-16/h1-14H,15H2. The van der Waals surface area contributed by atoms with Crippen LogP contribution in [0.15, 0.2) is 89.3 Å². The SMILES string of the molecule is O=C(OCc1ccccc1)c1nc(-c2ccc(OC(F)(F)F)cc2)oc1-c1ccccc1. The van der Waals surface area contributed by atoms with E-state index in [1.807, 2.05) is 36.4 Å². The predicted octanol–water partition coefficient (Wildman–Crippen LogP) is 6.26. The number of oxazole rings is 1. The van der Waals surface area contributed by atoms with Crippen LogP contribution in [0.2, 0.25) is 0 Å². The molecule has 0 bridgehead atoms. The lowest BCUT2D eigenvalue weighted by Crippen LogP contribution is -2.16. The summed E-state index contributed by atoms with van der Waals surface area (Å²) in [5.41, 5.74) is 1.76. The van der Waals surface area contributed by atoms with Gasteiger partial charge in [-0.25, -0.2) is 9.78 Å². The molecule has 0 aliphatic heterocycles. The Morgan fingerprint density at radius 1 is 0.844 bits per heavy atom. The van der Waals surface area contributed by atoms with E-state index >= 15 is 0 Å². The van der Waals surface area contributed by atoms with Crippen molar-refractivity contribution in [2.75, 3.05) is 0 Å². The highest BCUT2D eigenvalue weighted by Crippen LogP contribution is 2.32. The van der Waals surface area contributed by atoms with Gasteiger partial charge in [-0.1, -0.05) is 60.7 Å². The van der Waals surface area contributed by atoms with E-state index in [0.29, 0.717) is 11.1 Å². The summed E-state index contributed by atoms with van der Waals surface area (Å²) in [7, 11) is 0. The molecule has 162 valence electrons. The van der Waals surface area contributed by atoms with Crippen LogP contribution >= 0.6 is 0 Å². The van der Waals surface area contributed by atoms with Crippen molar-refractivity contribution in [1.29, 1.82) is 0 Å². The molecule has 0 fully saturated rings. The molecule has 0 radical (unpaired) electrons. The lowest BCUT2D eigenvalue weighted by molar-refractivity contribution is -0.274. The summed E-state index contributed by atoms with van der Waals surface area (Å²) in [6.45, 7) is 0.0551. The molecule has 0 aliphatic carbocycles. The average Bonchev–Trinajstić information content (AvgIpc) is 3.24. The predicted molar refractivity (Wildman–Crippen MR) is 110 cm³/mol. The first-order valence-corrected chi connectivity index (χ1v) is 9.52. The number of nitrogens with zero attached hydrogens (tertiary/aromatic N) is 1. The van der Waals surface area contributed by atoms with E-state index in [1.54, 1.807) is 24.3 Å². The van der Waals surface area contributed by atoms with Gasteiger partial charge in [0.25, 0.3) is 0 Å². The largest absolute Gasteiger partial charge is 0.573 e. The fraction of sp³-hybridized carbons (Fsp3) is 0.0833. The van der Waals surface area contributed by atoms with Gasteiger partial charge in [0.2, 0.25) is 5.89 Å². The van der Waals surface area contributed by atoms with E-state index in [4.69, 9.17) is 9.15 Å². The number of carbonyl (C=O) groups is 1. The molecule has 4 rings (SSSR count). The summed E-state index contributed by atoms with van der Waals surface area (Å²) in [5.74, 6) is -0.790. The molecular formula is C24H16F3NO4. The van der Waals surface area contributed by atoms with Crippen molar-refractivity contribution in [2.24, 2.45) is 0 Å². The van der Waals surface area contributed by atoms with E-state index in [1.165, 1.54) is 12.1 Å². The van der Waals surface area contributed by atoms with Crippen molar-refractivity contribution in [3.05, 3.63) is 96.2 Å². The lowest BCUT2D eigenvalue weighted by Gasteiger charge is -2.08. The number of aromatic nitrogens is 1. The highest BCUT2D eigenvalue weighted by atomic mass is 19.4. The second-order valence-electron chi connectivity index (χ2n) is 6.70. The van der Waals surface area contributed by atoms with Gasteiger partial charge in [0, 0.05) is 11.1 Å². The van der Waals surface area contributed by atoms with Crippen LogP contribution < -0.4 is 4.74 Å². The Hall–Kier alpha value is -4.07. The van der Waals surface area contributed by atoms with Gasteiger partial charge in [0.05, 0.1) is 0 Å². The van der Waals surface area contributed by atoms with Crippen molar-refractivity contribution in [3.8, 4) is 28.5 Å². The zero-order chi connectivity index (χ0) is 22.6. The van der Waals surface area contributed by atoms with Crippen molar-refractivity contribution in [2.45, 2.75) is 13.0 Å². The molecule has 0 atom stereocenters. The number of carbonyl (C=O) groups excluding carboxylic acids is 1. The van der Waals surface area contributed by atoms with E-state index < -0.39 is 12.3 Å². The number of halogens is 3. The van der Waals surface area contributed by atoms with Crippen molar-refractivity contribution in [1.82, 2.24) is 4.98 Å². The van der Waals surface area contributed by atoms with Crippen LogP contribution in [-0.4, -0.2) is 17.3 Å². The second kappa shape index (κ2) is 8.97. The zero-order valence-electron chi connectivity index (χ0n) is 16.5. The van der Waals surface area contributed by atoms with Crippen molar-refractivity contribution in [3.63, 3.8) is 0 Å². The molecule has 0 spiro atoms. The Labute approximate surface area is 181 Å². The van der Waals surface area contributed by atoms with Crippen LogP contribution in [-0.2, 0) is 11.3 Å². The van der Waals surface area contributed by atoms with Crippen LogP contribution in [0.4, 0.5) is 13.2 Å². The number of hydrogen-bond donors (Lipinski definition) is 0. The third-order valence-corrected chi connectivity index (χ3v) is 4.40. The van der Waals surface area contributed by atoms with E-state index in [2.05, 4.69) is 9.72 Å². The number of alkyl halides is 3. The Kier molecular flexibility index (Phi) is 5.93. The minimum Gasteiger partial charge on any atom is -0.456 e. The first-order valence-electron chi connectivity index (χ1n) is 9.52. The normalized spacial score (nSPS) is 11.2. The van der Waals surface area contributed by atoms with Gasteiger partial charge in [-0.05, 0) is 29.8 Å². The molecule has 4 aromatic rings. The van der Waals surface area contributed by atoms with Crippen molar-refractivity contribution < 1.29 is 31.9 Å². The van der Waals surface area contributed by atoms with Crippen LogP contribution in [0, 0.1) is 0 Å². The Morgan fingerprint density at radius 3 is 2.09 bits per heavy atom. The summed E-state index contributed by atoms with van der Waals surface area (Å²) in [6.07, 6.45) is -4.79. The maximum absolute atomic E-state index is 12.8. The maximum Gasteiger partial charge on any atom is 0.573 e. The van der Waals surface area contributed by atoms with E-state index in [-0.39, 0.29) is 29.7 Å². The minimum atomic E-state index is -4.79. The molecule has 0 amide bonds. The second-order valence-corrected chi connectivity index (χ2v) is 6.70. The van der Waals surface area contributed by atoms with Crippen LogP contribution in [0.3, 0.4) is 0 Å². The molecular weight excluding hydrogens is 423 g/mol. The molecule has 0 saturated carbocycles. The van der Waals surface area contributed by atoms with Gasteiger partial charge in [-0.15, -0.1) is 13.2 Å². The molecule has 5 nitrogen and oxygen atoms in total. The third kappa shape index (κ3) is 5.15. The number of rotatable bonds is 6. The molecule has 0 saturated heterocycles. The first kappa shape index (κ1) is 21.2. The van der Waals surface area contributed by atoms with E-state index in [0.717, 1.165) is 17.7 Å². The molecule has 0 unspecified atom stereocenters. The summed E-state index contributed by atoms with van der Waals surface area (Å²) in [6, 6.07) is 23.0. The molecule has 1 heterocycles. The maximum atomic E-state index is 12.8. The Morgan fingerprint density at radius 2 is 1.47 bits per heavy atom. The quantitative estimate of drug-likeness (QED) is 0.332. The molecule has 1 aromatic heterocycles.